The summed E-state index contributed by atoms with van der Waals surface area (Å²) in [5.74, 6) is -0.0394. The van der Waals surface area contributed by atoms with Gasteiger partial charge in [0.25, 0.3) is 0 Å². The highest BCUT2D eigenvalue weighted by molar-refractivity contribution is 5.43. The number of benzene rings is 1. The molecule has 1 aliphatic heterocycles. The SMILES string of the molecule is CCc1c(F)cc2c(c1C)CNC2. The van der Waals surface area contributed by atoms with E-state index in [1.54, 1.807) is 6.07 Å². The minimum atomic E-state index is -0.0394. The number of nitrogens with one attached hydrogen (secondary N) is 1. The van der Waals surface area contributed by atoms with Crippen molar-refractivity contribution in [2.75, 3.05) is 0 Å². The molecule has 2 heteroatoms. The molecule has 1 heterocycles. The molecule has 0 atom stereocenters. The molecule has 70 valence electrons. The summed E-state index contributed by atoms with van der Waals surface area (Å²) < 4.78 is 13.5. The summed E-state index contributed by atoms with van der Waals surface area (Å²) in [5.41, 5.74) is 4.45. The van der Waals surface area contributed by atoms with Gasteiger partial charge in [0, 0.05) is 13.1 Å². The molecule has 0 saturated heterocycles. The van der Waals surface area contributed by atoms with Crippen molar-refractivity contribution in [2.45, 2.75) is 33.4 Å². The summed E-state index contributed by atoms with van der Waals surface area (Å²) in [7, 11) is 0. The highest BCUT2D eigenvalue weighted by Crippen LogP contribution is 2.25. The van der Waals surface area contributed by atoms with E-state index in [4.69, 9.17) is 0 Å². The maximum Gasteiger partial charge on any atom is 0.126 e. The Morgan fingerprint density at radius 1 is 1.46 bits per heavy atom. The lowest BCUT2D eigenvalue weighted by Crippen LogP contribution is -2.01. The quantitative estimate of drug-likeness (QED) is 0.697. The van der Waals surface area contributed by atoms with Crippen LogP contribution in [0.1, 0.15) is 29.2 Å². The lowest BCUT2D eigenvalue weighted by atomic mass is 9.97. The van der Waals surface area contributed by atoms with Crippen molar-refractivity contribution in [3.8, 4) is 0 Å². The first-order valence-corrected chi connectivity index (χ1v) is 4.74. The van der Waals surface area contributed by atoms with Crippen molar-refractivity contribution in [3.05, 3.63) is 34.1 Å². The summed E-state index contributed by atoms with van der Waals surface area (Å²) in [6.45, 7) is 5.74. The molecule has 0 radical (unpaired) electrons. The van der Waals surface area contributed by atoms with Crippen molar-refractivity contribution < 1.29 is 4.39 Å². The van der Waals surface area contributed by atoms with Crippen molar-refractivity contribution in [3.63, 3.8) is 0 Å². The van der Waals surface area contributed by atoms with Gasteiger partial charge in [-0.25, -0.2) is 4.39 Å². The van der Waals surface area contributed by atoms with Gasteiger partial charge < -0.3 is 5.32 Å². The molecular weight excluding hydrogens is 165 g/mol. The number of rotatable bonds is 1. The van der Waals surface area contributed by atoms with Crippen molar-refractivity contribution in [1.82, 2.24) is 5.32 Å². The normalized spacial score (nSPS) is 14.7. The van der Waals surface area contributed by atoms with Crippen molar-refractivity contribution in [1.29, 1.82) is 0 Å². The Hall–Kier alpha value is -0.890. The standard InChI is InChI=1S/C11H14FN/c1-3-9-7(2)10-6-13-5-8(10)4-11(9)12/h4,13H,3,5-6H2,1-2H3. The largest absolute Gasteiger partial charge is 0.309 e. The third kappa shape index (κ3) is 1.25. The van der Waals surface area contributed by atoms with Crippen LogP contribution in [-0.2, 0) is 19.5 Å². The smallest absolute Gasteiger partial charge is 0.126 e. The first-order valence-electron chi connectivity index (χ1n) is 4.74. The molecule has 0 bridgehead atoms. The minimum Gasteiger partial charge on any atom is -0.309 e. The Labute approximate surface area is 78.0 Å². The molecule has 0 aliphatic carbocycles. The summed E-state index contributed by atoms with van der Waals surface area (Å²) in [6, 6.07) is 1.68. The molecule has 0 spiro atoms. The Balaban J connectivity index is 2.62. The number of hydrogen-bond donors (Lipinski definition) is 1. The molecular formula is C11H14FN. The van der Waals surface area contributed by atoms with Gasteiger partial charge >= 0.3 is 0 Å². The minimum absolute atomic E-state index is 0.0394. The zero-order valence-corrected chi connectivity index (χ0v) is 8.08. The van der Waals surface area contributed by atoms with Crippen LogP contribution in [0.15, 0.2) is 6.07 Å². The van der Waals surface area contributed by atoms with E-state index >= 15 is 0 Å². The van der Waals surface area contributed by atoms with Gasteiger partial charge in [0.1, 0.15) is 5.82 Å². The fourth-order valence-corrected chi connectivity index (χ4v) is 2.09. The van der Waals surface area contributed by atoms with Gasteiger partial charge in [-0.05, 0) is 41.7 Å². The molecule has 0 fully saturated rings. The Morgan fingerprint density at radius 3 is 2.92 bits per heavy atom. The maximum absolute atomic E-state index is 13.5. The highest BCUT2D eigenvalue weighted by atomic mass is 19.1. The van der Waals surface area contributed by atoms with Crippen LogP contribution in [0.4, 0.5) is 4.39 Å². The second kappa shape index (κ2) is 3.11. The van der Waals surface area contributed by atoms with Gasteiger partial charge in [-0.15, -0.1) is 0 Å². The van der Waals surface area contributed by atoms with Gasteiger partial charge in [0.2, 0.25) is 0 Å². The number of fused-ring (bicyclic) bond motifs is 1. The zero-order valence-electron chi connectivity index (χ0n) is 8.08. The van der Waals surface area contributed by atoms with E-state index in [-0.39, 0.29) is 5.82 Å². The summed E-state index contributed by atoms with van der Waals surface area (Å²) in [5, 5.41) is 3.24. The summed E-state index contributed by atoms with van der Waals surface area (Å²) >= 11 is 0. The van der Waals surface area contributed by atoms with E-state index in [1.165, 1.54) is 5.56 Å². The van der Waals surface area contributed by atoms with Crippen LogP contribution in [0.25, 0.3) is 0 Å². The second-order valence-electron chi connectivity index (χ2n) is 3.56. The Morgan fingerprint density at radius 2 is 2.23 bits per heavy atom. The summed E-state index contributed by atoms with van der Waals surface area (Å²) in [4.78, 5) is 0. The molecule has 2 rings (SSSR count). The third-order valence-corrected chi connectivity index (χ3v) is 2.85. The Kier molecular flexibility index (Phi) is 2.08. The molecule has 0 aromatic heterocycles. The fraction of sp³-hybridized carbons (Fsp3) is 0.455. The highest BCUT2D eigenvalue weighted by Gasteiger charge is 2.17. The molecule has 1 aromatic carbocycles. The van der Waals surface area contributed by atoms with Crippen LogP contribution in [0.2, 0.25) is 0 Å². The van der Waals surface area contributed by atoms with E-state index in [0.29, 0.717) is 0 Å². The van der Waals surface area contributed by atoms with Gasteiger partial charge in [-0.1, -0.05) is 6.92 Å². The molecule has 1 aromatic rings. The molecule has 0 amide bonds. The molecule has 1 aliphatic rings. The van der Waals surface area contributed by atoms with Gasteiger partial charge in [0.15, 0.2) is 0 Å². The van der Waals surface area contributed by atoms with E-state index < -0.39 is 0 Å². The average Bonchev–Trinajstić information content (AvgIpc) is 2.53. The molecule has 1 nitrogen and oxygen atoms in total. The van der Waals surface area contributed by atoms with E-state index in [1.807, 2.05) is 13.8 Å². The van der Waals surface area contributed by atoms with Gasteiger partial charge in [-0.3, -0.25) is 0 Å². The number of hydrogen-bond acceptors (Lipinski definition) is 1. The predicted octanol–water partition coefficient (Wildman–Crippen LogP) is 2.30. The monoisotopic (exact) mass is 179 g/mol. The van der Waals surface area contributed by atoms with Crippen molar-refractivity contribution >= 4 is 0 Å². The van der Waals surface area contributed by atoms with E-state index in [9.17, 15) is 4.39 Å². The average molecular weight is 179 g/mol. The topological polar surface area (TPSA) is 12.0 Å². The molecule has 13 heavy (non-hydrogen) atoms. The fourth-order valence-electron chi connectivity index (χ4n) is 2.09. The van der Waals surface area contributed by atoms with Crippen LogP contribution in [-0.4, -0.2) is 0 Å². The first kappa shape index (κ1) is 8.70. The van der Waals surface area contributed by atoms with Crippen molar-refractivity contribution in [2.24, 2.45) is 0 Å². The van der Waals surface area contributed by atoms with E-state index in [0.717, 1.165) is 36.2 Å². The van der Waals surface area contributed by atoms with Crippen LogP contribution in [0.5, 0.6) is 0 Å². The molecule has 0 saturated carbocycles. The van der Waals surface area contributed by atoms with Crippen LogP contribution in [0, 0.1) is 12.7 Å². The van der Waals surface area contributed by atoms with Crippen LogP contribution >= 0.6 is 0 Å². The predicted molar refractivity (Wildman–Crippen MR) is 51.1 cm³/mol. The lowest BCUT2D eigenvalue weighted by molar-refractivity contribution is 0.608. The summed E-state index contributed by atoms with van der Waals surface area (Å²) in [6.07, 6.45) is 0.783. The number of halogens is 1. The first-order chi connectivity index (χ1) is 6.24. The molecule has 0 unspecified atom stereocenters. The van der Waals surface area contributed by atoms with Crippen LogP contribution < -0.4 is 5.32 Å². The second-order valence-corrected chi connectivity index (χ2v) is 3.56. The lowest BCUT2D eigenvalue weighted by Gasteiger charge is -2.09. The van der Waals surface area contributed by atoms with E-state index in [2.05, 4.69) is 5.32 Å². The van der Waals surface area contributed by atoms with Crippen LogP contribution in [0.3, 0.4) is 0 Å². The third-order valence-electron chi connectivity index (χ3n) is 2.85. The maximum atomic E-state index is 13.5. The molecule has 1 N–H and O–H groups in total. The Bertz CT molecular complexity index is 341. The van der Waals surface area contributed by atoms with Gasteiger partial charge in [-0.2, -0.15) is 0 Å². The zero-order chi connectivity index (χ0) is 9.42. The van der Waals surface area contributed by atoms with Gasteiger partial charge in [0.05, 0.1) is 0 Å².